The Labute approximate surface area is 109 Å². The van der Waals surface area contributed by atoms with Gasteiger partial charge in [-0.2, -0.15) is 0 Å². The molecule has 0 spiro atoms. The molecule has 2 rings (SSSR count). The van der Waals surface area contributed by atoms with Gasteiger partial charge in [-0.25, -0.2) is 0 Å². The average Bonchev–Trinajstić information content (AvgIpc) is 3.02. The molecule has 2 N–H and O–H groups in total. The number of carbonyl (C=O) groups excluding carboxylic acids is 2. The maximum atomic E-state index is 11.6. The van der Waals surface area contributed by atoms with Gasteiger partial charge in [0, 0.05) is 31.8 Å². The van der Waals surface area contributed by atoms with Gasteiger partial charge in [-0.15, -0.1) is 0 Å². The molecule has 2 amide bonds. The molecule has 0 aromatic carbocycles. The topological polar surface area (TPSA) is 86.7 Å². The normalized spacial score (nSPS) is 20.9. The van der Waals surface area contributed by atoms with Crippen LogP contribution in [0.1, 0.15) is 19.3 Å². The van der Waals surface area contributed by atoms with Crippen LogP contribution in [0.25, 0.3) is 0 Å². The molecule has 0 atom stereocenters. The summed E-state index contributed by atoms with van der Waals surface area (Å²) in [6.45, 7) is 1.30. The highest BCUT2D eigenvalue weighted by Crippen LogP contribution is 2.45. The van der Waals surface area contributed by atoms with Crippen molar-refractivity contribution in [2.75, 3.05) is 25.4 Å². The lowest BCUT2D eigenvalue weighted by molar-refractivity contribution is -0.143. The molecule has 1 aliphatic heterocycles. The van der Waals surface area contributed by atoms with Gasteiger partial charge < -0.3 is 15.3 Å². The molecule has 2 aliphatic rings. The van der Waals surface area contributed by atoms with Crippen molar-refractivity contribution in [3.63, 3.8) is 0 Å². The van der Waals surface area contributed by atoms with Gasteiger partial charge in [0.1, 0.15) is 0 Å². The standard InChI is InChI=1S/C11H16N2O4S/c14-8(1-4-13-5-6-18-10(13)17)12-7-11(2-3-11)9(15)16/h1-7H2,(H,12,14)(H,15,16). The number of thioether (sulfide) groups is 1. The fourth-order valence-corrected chi connectivity index (χ4v) is 2.69. The quantitative estimate of drug-likeness (QED) is 0.736. The summed E-state index contributed by atoms with van der Waals surface area (Å²) in [5.74, 6) is -0.246. The number of carboxylic acids is 1. The Morgan fingerprint density at radius 2 is 2.17 bits per heavy atom. The monoisotopic (exact) mass is 272 g/mol. The highest BCUT2D eigenvalue weighted by molar-refractivity contribution is 8.13. The molecule has 2 fully saturated rings. The predicted molar refractivity (Wildman–Crippen MR) is 66.4 cm³/mol. The summed E-state index contributed by atoms with van der Waals surface area (Å²) in [6.07, 6.45) is 1.50. The largest absolute Gasteiger partial charge is 0.481 e. The Kier molecular flexibility index (Phi) is 3.79. The molecule has 1 aliphatic carbocycles. The smallest absolute Gasteiger partial charge is 0.311 e. The van der Waals surface area contributed by atoms with E-state index in [2.05, 4.69) is 5.32 Å². The van der Waals surface area contributed by atoms with Crippen molar-refractivity contribution in [2.24, 2.45) is 5.41 Å². The minimum absolute atomic E-state index is 0.0204. The highest BCUT2D eigenvalue weighted by Gasteiger charge is 2.50. The fourth-order valence-electron chi connectivity index (χ4n) is 1.84. The van der Waals surface area contributed by atoms with E-state index in [-0.39, 0.29) is 24.1 Å². The number of rotatable bonds is 6. The molecule has 1 saturated carbocycles. The molecule has 18 heavy (non-hydrogen) atoms. The van der Waals surface area contributed by atoms with Crippen LogP contribution in [0, 0.1) is 5.41 Å². The first-order chi connectivity index (χ1) is 8.53. The lowest BCUT2D eigenvalue weighted by Crippen LogP contribution is -2.36. The molecule has 0 aromatic rings. The summed E-state index contributed by atoms with van der Waals surface area (Å²) in [6, 6.07) is 0. The number of carboxylic acid groups (broad SMARTS) is 1. The first-order valence-electron chi connectivity index (χ1n) is 5.95. The van der Waals surface area contributed by atoms with Crippen molar-refractivity contribution >= 4 is 28.9 Å². The van der Waals surface area contributed by atoms with Gasteiger partial charge in [0.25, 0.3) is 5.24 Å². The third kappa shape index (κ3) is 2.95. The van der Waals surface area contributed by atoms with E-state index in [4.69, 9.17) is 5.11 Å². The van der Waals surface area contributed by atoms with E-state index in [1.54, 1.807) is 4.90 Å². The SMILES string of the molecule is O=C(CCN1CCSC1=O)NCC1(C(=O)O)CC1. The van der Waals surface area contributed by atoms with E-state index in [0.717, 1.165) is 5.75 Å². The Balaban J connectivity index is 1.66. The minimum atomic E-state index is -0.839. The first-order valence-corrected chi connectivity index (χ1v) is 6.94. The van der Waals surface area contributed by atoms with Crippen LogP contribution in [0.3, 0.4) is 0 Å². The molecule has 0 bridgehead atoms. The number of amides is 2. The maximum Gasteiger partial charge on any atom is 0.311 e. The Morgan fingerprint density at radius 1 is 1.44 bits per heavy atom. The van der Waals surface area contributed by atoms with Crippen LogP contribution in [0.4, 0.5) is 4.79 Å². The Bertz CT molecular complexity index is 381. The third-order valence-corrected chi connectivity index (χ3v) is 4.28. The van der Waals surface area contributed by atoms with Crippen molar-refractivity contribution in [1.29, 1.82) is 0 Å². The van der Waals surface area contributed by atoms with Crippen molar-refractivity contribution < 1.29 is 19.5 Å². The Morgan fingerprint density at radius 3 is 2.67 bits per heavy atom. The molecule has 100 valence electrons. The van der Waals surface area contributed by atoms with Crippen molar-refractivity contribution in [1.82, 2.24) is 10.2 Å². The van der Waals surface area contributed by atoms with Crippen LogP contribution in [0.15, 0.2) is 0 Å². The summed E-state index contributed by atoms with van der Waals surface area (Å²) in [5, 5.41) is 11.6. The van der Waals surface area contributed by atoms with Crippen LogP contribution in [0.5, 0.6) is 0 Å². The minimum Gasteiger partial charge on any atom is -0.481 e. The first kappa shape index (κ1) is 13.2. The number of hydrogen-bond acceptors (Lipinski definition) is 4. The molecule has 6 nitrogen and oxygen atoms in total. The van der Waals surface area contributed by atoms with E-state index in [0.29, 0.717) is 25.9 Å². The lowest BCUT2D eigenvalue weighted by atomic mass is 10.1. The predicted octanol–water partition coefficient (Wildman–Crippen LogP) is 0.526. The number of nitrogens with one attached hydrogen (secondary N) is 1. The van der Waals surface area contributed by atoms with Crippen molar-refractivity contribution in [3.05, 3.63) is 0 Å². The van der Waals surface area contributed by atoms with Crippen LogP contribution >= 0.6 is 11.8 Å². The van der Waals surface area contributed by atoms with Gasteiger partial charge in [-0.05, 0) is 12.8 Å². The van der Waals surface area contributed by atoms with Crippen LogP contribution < -0.4 is 5.32 Å². The van der Waals surface area contributed by atoms with E-state index in [1.807, 2.05) is 0 Å². The number of carbonyl (C=O) groups is 3. The Hall–Kier alpha value is -1.24. The molecule has 1 heterocycles. The lowest BCUT2D eigenvalue weighted by Gasteiger charge is -2.15. The average molecular weight is 272 g/mol. The summed E-state index contributed by atoms with van der Waals surface area (Å²) in [5.41, 5.74) is -0.727. The third-order valence-electron chi connectivity index (χ3n) is 3.38. The van der Waals surface area contributed by atoms with Gasteiger partial charge >= 0.3 is 5.97 Å². The zero-order chi connectivity index (χ0) is 13.2. The molecule has 1 saturated heterocycles. The zero-order valence-corrected chi connectivity index (χ0v) is 10.8. The summed E-state index contributed by atoms with van der Waals surface area (Å²) in [7, 11) is 0. The zero-order valence-electron chi connectivity index (χ0n) is 9.98. The molecule has 0 aromatic heterocycles. The van der Waals surface area contributed by atoms with E-state index in [9.17, 15) is 14.4 Å². The van der Waals surface area contributed by atoms with Gasteiger partial charge in [0.2, 0.25) is 5.91 Å². The number of nitrogens with zero attached hydrogens (tertiary/aromatic N) is 1. The maximum absolute atomic E-state index is 11.6. The summed E-state index contributed by atoms with van der Waals surface area (Å²) < 4.78 is 0. The van der Waals surface area contributed by atoms with Crippen LogP contribution in [0.2, 0.25) is 0 Å². The molecule has 0 unspecified atom stereocenters. The second kappa shape index (κ2) is 5.17. The van der Waals surface area contributed by atoms with Crippen LogP contribution in [-0.2, 0) is 9.59 Å². The van der Waals surface area contributed by atoms with E-state index >= 15 is 0 Å². The van der Waals surface area contributed by atoms with Gasteiger partial charge in [0.15, 0.2) is 0 Å². The number of hydrogen-bond donors (Lipinski definition) is 2. The van der Waals surface area contributed by atoms with Crippen LogP contribution in [-0.4, -0.2) is 52.5 Å². The van der Waals surface area contributed by atoms with Crippen molar-refractivity contribution in [3.8, 4) is 0 Å². The van der Waals surface area contributed by atoms with Crippen molar-refractivity contribution in [2.45, 2.75) is 19.3 Å². The fraction of sp³-hybridized carbons (Fsp3) is 0.727. The van der Waals surface area contributed by atoms with Gasteiger partial charge in [-0.3, -0.25) is 14.4 Å². The summed E-state index contributed by atoms with van der Waals surface area (Å²) in [4.78, 5) is 35.4. The molecular weight excluding hydrogens is 256 g/mol. The number of aliphatic carboxylic acids is 1. The molecule has 0 radical (unpaired) electrons. The van der Waals surface area contributed by atoms with Gasteiger partial charge in [-0.1, -0.05) is 11.8 Å². The highest BCUT2D eigenvalue weighted by atomic mass is 32.2. The summed E-state index contributed by atoms with van der Waals surface area (Å²) >= 11 is 1.27. The molecule has 7 heteroatoms. The second-order valence-corrected chi connectivity index (χ2v) is 5.76. The van der Waals surface area contributed by atoms with Gasteiger partial charge in [0.05, 0.1) is 5.41 Å². The molecular formula is C11H16N2O4S. The van der Waals surface area contributed by atoms with E-state index in [1.165, 1.54) is 11.8 Å². The second-order valence-electron chi connectivity index (χ2n) is 4.71. The van der Waals surface area contributed by atoms with E-state index < -0.39 is 11.4 Å².